The molecular formula is C35H39ClF3N5O6S. The third kappa shape index (κ3) is 10.9. The minimum absolute atomic E-state index is 0.0736. The normalized spacial score (nSPS) is 16.1. The SMILES string of the molecule is C[C@H](CC(=O)CCCCC(=O)c1ccc(Cc2nc(NC3(c4ccc(Cl)cc4)CC3)nc(OCC(F)(F)F)n2)cc1)C(=O)NS(=O)(=O)C1CCC1. The van der Waals surface area contributed by atoms with Crippen LogP contribution in [0.5, 0.6) is 6.01 Å². The fourth-order valence-electron chi connectivity index (χ4n) is 5.62. The number of amides is 1. The molecule has 0 bridgehead atoms. The lowest BCUT2D eigenvalue weighted by Crippen LogP contribution is -2.43. The predicted octanol–water partition coefficient (Wildman–Crippen LogP) is 6.50. The second kappa shape index (κ2) is 16.1. The molecule has 16 heteroatoms. The number of benzene rings is 2. The standard InChI is InChI=1S/C35H39ClF3N5O6S/c1-22(31(47)44-51(48,49)28-6-4-7-28)19-27(45)5-2-3-8-29(46)24-11-9-23(10-12-24)20-30-40-32(42-33(41-30)50-21-35(37,38)39)43-34(17-18-34)25-13-15-26(36)16-14-25/h9-16,22,28H,2-8,17-21H2,1H3,(H,44,47)(H,40,41,42,43)/t22-/m1/s1. The Labute approximate surface area is 299 Å². The van der Waals surface area contributed by atoms with Gasteiger partial charge in [-0.2, -0.15) is 28.1 Å². The monoisotopic (exact) mass is 749 g/mol. The molecule has 2 saturated carbocycles. The lowest BCUT2D eigenvalue weighted by atomic mass is 9.98. The number of Topliss-reactive ketones (excluding diaryl/α,β-unsaturated/α-hetero) is 2. The summed E-state index contributed by atoms with van der Waals surface area (Å²) in [6, 6.07) is 13.5. The van der Waals surface area contributed by atoms with E-state index >= 15 is 0 Å². The van der Waals surface area contributed by atoms with Gasteiger partial charge in [0.2, 0.25) is 21.9 Å². The van der Waals surface area contributed by atoms with Crippen molar-refractivity contribution in [1.29, 1.82) is 0 Å². The molecule has 274 valence electrons. The molecule has 2 N–H and O–H groups in total. The number of aromatic nitrogens is 3. The Morgan fingerprint density at radius 2 is 1.65 bits per heavy atom. The van der Waals surface area contributed by atoms with Crippen molar-refractivity contribution in [3.05, 3.63) is 76.1 Å². The first-order chi connectivity index (χ1) is 24.1. The van der Waals surface area contributed by atoms with Gasteiger partial charge in [-0.3, -0.25) is 19.1 Å². The first-order valence-electron chi connectivity index (χ1n) is 16.8. The highest BCUT2D eigenvalue weighted by Crippen LogP contribution is 2.48. The van der Waals surface area contributed by atoms with Crippen LogP contribution in [-0.4, -0.2) is 58.9 Å². The van der Waals surface area contributed by atoms with Gasteiger partial charge < -0.3 is 10.1 Å². The van der Waals surface area contributed by atoms with Crippen molar-refractivity contribution >= 4 is 45.0 Å². The first-order valence-corrected chi connectivity index (χ1v) is 18.7. The van der Waals surface area contributed by atoms with Crippen LogP contribution in [0.2, 0.25) is 5.02 Å². The lowest BCUT2D eigenvalue weighted by Gasteiger charge is -2.25. The highest BCUT2D eigenvalue weighted by Gasteiger charge is 2.45. The molecule has 0 radical (unpaired) electrons. The van der Waals surface area contributed by atoms with Crippen LogP contribution in [0.4, 0.5) is 19.1 Å². The van der Waals surface area contributed by atoms with Gasteiger partial charge >= 0.3 is 12.2 Å². The molecule has 1 aromatic heterocycles. The van der Waals surface area contributed by atoms with Gasteiger partial charge in [-0.25, -0.2) is 8.42 Å². The summed E-state index contributed by atoms with van der Waals surface area (Å²) in [4.78, 5) is 50.1. The number of carbonyl (C=O) groups excluding carboxylic acids is 3. The van der Waals surface area contributed by atoms with Gasteiger partial charge in [0, 0.05) is 42.2 Å². The lowest BCUT2D eigenvalue weighted by molar-refractivity contribution is -0.154. The van der Waals surface area contributed by atoms with Crippen molar-refractivity contribution < 1.29 is 40.7 Å². The fraction of sp³-hybridized carbons (Fsp3) is 0.486. The number of rotatable bonds is 18. The molecule has 0 saturated heterocycles. The molecule has 2 aromatic carbocycles. The third-order valence-electron chi connectivity index (χ3n) is 8.99. The van der Waals surface area contributed by atoms with Crippen LogP contribution in [0.1, 0.15) is 98.4 Å². The van der Waals surface area contributed by atoms with E-state index in [-0.39, 0.29) is 49.0 Å². The zero-order valence-corrected chi connectivity index (χ0v) is 29.5. The first kappa shape index (κ1) is 38.1. The summed E-state index contributed by atoms with van der Waals surface area (Å²) >= 11 is 6.03. The molecule has 5 rings (SSSR count). The van der Waals surface area contributed by atoms with Crippen LogP contribution in [0.3, 0.4) is 0 Å². The number of halogens is 4. The molecule has 0 aliphatic heterocycles. The van der Waals surface area contributed by atoms with Gasteiger partial charge in [-0.15, -0.1) is 0 Å². The number of nitrogens with one attached hydrogen (secondary N) is 2. The number of unbranched alkanes of at least 4 members (excludes halogenated alkanes) is 1. The van der Waals surface area contributed by atoms with Crippen molar-refractivity contribution in [2.75, 3.05) is 11.9 Å². The maximum absolute atomic E-state index is 12.9. The number of hydrogen-bond donors (Lipinski definition) is 2. The smallest absolute Gasteiger partial charge is 0.422 e. The van der Waals surface area contributed by atoms with E-state index in [1.165, 1.54) is 6.92 Å². The number of alkyl halides is 3. The number of hydrogen-bond acceptors (Lipinski definition) is 10. The number of ketones is 2. The topological polar surface area (TPSA) is 157 Å². The minimum atomic E-state index is -4.59. The predicted molar refractivity (Wildman–Crippen MR) is 183 cm³/mol. The van der Waals surface area contributed by atoms with Crippen LogP contribution < -0.4 is 14.8 Å². The third-order valence-corrected chi connectivity index (χ3v) is 11.1. The molecule has 0 unspecified atom stereocenters. The van der Waals surface area contributed by atoms with E-state index in [1.807, 2.05) is 12.1 Å². The zero-order valence-electron chi connectivity index (χ0n) is 28.0. The molecule has 2 fully saturated rings. The van der Waals surface area contributed by atoms with Crippen molar-refractivity contribution in [3.8, 4) is 6.01 Å². The van der Waals surface area contributed by atoms with E-state index in [0.29, 0.717) is 41.8 Å². The Kier molecular flexibility index (Phi) is 12.0. The summed E-state index contributed by atoms with van der Waals surface area (Å²) in [6.07, 6.45) is 0.0818. The molecule has 2 aliphatic carbocycles. The molecule has 3 aromatic rings. The average molecular weight is 750 g/mol. The molecule has 51 heavy (non-hydrogen) atoms. The summed E-state index contributed by atoms with van der Waals surface area (Å²) < 4.78 is 70.0. The second-order valence-electron chi connectivity index (χ2n) is 13.2. The van der Waals surface area contributed by atoms with Crippen molar-refractivity contribution in [2.45, 2.75) is 94.5 Å². The van der Waals surface area contributed by atoms with Crippen molar-refractivity contribution in [2.24, 2.45) is 5.92 Å². The van der Waals surface area contributed by atoms with Crippen molar-refractivity contribution in [1.82, 2.24) is 19.7 Å². The Bertz CT molecular complexity index is 1830. The highest BCUT2D eigenvalue weighted by molar-refractivity contribution is 7.90. The summed E-state index contributed by atoms with van der Waals surface area (Å²) in [5.41, 5.74) is 1.60. The van der Waals surface area contributed by atoms with Crippen LogP contribution in [0.15, 0.2) is 48.5 Å². The van der Waals surface area contributed by atoms with Gasteiger partial charge in [-0.1, -0.05) is 61.3 Å². The summed E-state index contributed by atoms with van der Waals surface area (Å²) in [5, 5.41) is 3.27. The molecule has 1 amide bonds. The Balaban J connectivity index is 1.12. The quantitative estimate of drug-likeness (QED) is 0.109. The summed E-state index contributed by atoms with van der Waals surface area (Å²) in [7, 11) is -3.71. The average Bonchev–Trinajstić information content (AvgIpc) is 3.81. The Hall–Kier alpha value is -4.11. The van der Waals surface area contributed by atoms with Crippen LogP contribution in [-0.2, 0) is 31.6 Å². The van der Waals surface area contributed by atoms with E-state index in [9.17, 15) is 36.0 Å². The van der Waals surface area contributed by atoms with Gasteiger partial charge in [0.05, 0.1) is 10.8 Å². The van der Waals surface area contributed by atoms with E-state index in [4.69, 9.17) is 16.3 Å². The van der Waals surface area contributed by atoms with E-state index < -0.39 is 51.4 Å². The zero-order chi connectivity index (χ0) is 36.8. The van der Waals surface area contributed by atoms with Crippen molar-refractivity contribution in [3.63, 3.8) is 0 Å². The van der Waals surface area contributed by atoms with Crippen LogP contribution in [0, 0.1) is 5.92 Å². The largest absolute Gasteiger partial charge is 0.454 e. The maximum Gasteiger partial charge on any atom is 0.422 e. The molecule has 0 spiro atoms. The highest BCUT2D eigenvalue weighted by atomic mass is 35.5. The summed E-state index contributed by atoms with van der Waals surface area (Å²) in [6.45, 7) is -0.0492. The fourth-order valence-corrected chi connectivity index (χ4v) is 7.35. The molecular weight excluding hydrogens is 711 g/mol. The Morgan fingerprint density at radius 3 is 2.25 bits per heavy atom. The van der Waals surface area contributed by atoms with E-state index in [2.05, 4.69) is 25.0 Å². The number of carbonyl (C=O) groups is 3. The minimum Gasteiger partial charge on any atom is -0.454 e. The number of sulfonamides is 1. The van der Waals surface area contributed by atoms with E-state index in [1.54, 1.807) is 36.4 Å². The number of ether oxygens (including phenoxy) is 1. The second-order valence-corrected chi connectivity index (χ2v) is 15.6. The van der Waals surface area contributed by atoms with Gasteiger partial charge in [0.25, 0.3) is 0 Å². The molecule has 11 nitrogen and oxygen atoms in total. The number of nitrogens with zero attached hydrogens (tertiary/aromatic N) is 3. The molecule has 2 aliphatic rings. The Morgan fingerprint density at radius 1 is 0.980 bits per heavy atom. The van der Waals surface area contributed by atoms with Crippen LogP contribution >= 0.6 is 11.6 Å². The summed E-state index contributed by atoms with van der Waals surface area (Å²) in [5.74, 6) is -1.53. The molecule has 1 heterocycles. The van der Waals surface area contributed by atoms with Gasteiger partial charge in [0.1, 0.15) is 11.6 Å². The van der Waals surface area contributed by atoms with E-state index in [0.717, 1.165) is 24.8 Å². The van der Waals surface area contributed by atoms with Gasteiger partial charge in [0.15, 0.2) is 12.4 Å². The van der Waals surface area contributed by atoms with Gasteiger partial charge in [-0.05, 0) is 61.8 Å². The number of anilines is 1. The maximum atomic E-state index is 12.9. The molecule has 1 atom stereocenters. The van der Waals surface area contributed by atoms with Crippen LogP contribution in [0.25, 0.3) is 0 Å².